The molecule has 1 N–H and O–H groups in total. The van der Waals surface area contributed by atoms with Gasteiger partial charge in [0.05, 0.1) is 13.2 Å². The monoisotopic (exact) mass is 278 g/mol. The molecule has 1 rings (SSSR count). The summed E-state index contributed by atoms with van der Waals surface area (Å²) in [5, 5.41) is 2.84. The van der Waals surface area contributed by atoms with Crippen molar-refractivity contribution in [2.24, 2.45) is 0 Å². The van der Waals surface area contributed by atoms with Crippen molar-refractivity contribution in [3.63, 3.8) is 0 Å². The van der Waals surface area contributed by atoms with E-state index in [9.17, 15) is 9.59 Å². The van der Waals surface area contributed by atoms with Crippen molar-refractivity contribution in [3.8, 4) is 0 Å². The lowest BCUT2D eigenvalue weighted by atomic mass is 10.1. The van der Waals surface area contributed by atoms with E-state index in [0.29, 0.717) is 13.2 Å². The molecule has 0 aromatic heterocycles. The summed E-state index contributed by atoms with van der Waals surface area (Å²) in [6, 6.07) is 5.87. The molecule has 5 nitrogen and oxygen atoms in total. The Hall–Kier alpha value is -1.88. The van der Waals surface area contributed by atoms with Crippen LogP contribution in [0.25, 0.3) is 0 Å². The third-order valence-corrected chi connectivity index (χ3v) is 3.01. The number of nitrogens with zero attached hydrogens (tertiary/aromatic N) is 1. The maximum Gasteiger partial charge on any atom is 0.244 e. The second kappa shape index (κ2) is 7.65. The van der Waals surface area contributed by atoms with Crippen molar-refractivity contribution in [1.29, 1.82) is 0 Å². The van der Waals surface area contributed by atoms with E-state index in [1.807, 2.05) is 32.0 Å². The fourth-order valence-corrected chi connectivity index (χ4v) is 1.78. The van der Waals surface area contributed by atoms with E-state index in [0.717, 1.165) is 16.8 Å². The van der Waals surface area contributed by atoms with E-state index in [1.54, 1.807) is 7.11 Å². The fourth-order valence-electron chi connectivity index (χ4n) is 1.78. The molecule has 1 aromatic rings. The van der Waals surface area contributed by atoms with Gasteiger partial charge in [-0.05, 0) is 31.0 Å². The lowest BCUT2D eigenvalue weighted by Crippen LogP contribution is -2.38. The Morgan fingerprint density at radius 2 is 2.00 bits per heavy atom. The number of aryl methyl sites for hydroxylation is 2. The van der Waals surface area contributed by atoms with Gasteiger partial charge < -0.3 is 15.0 Å². The van der Waals surface area contributed by atoms with Gasteiger partial charge in [-0.1, -0.05) is 12.1 Å². The number of benzene rings is 1. The van der Waals surface area contributed by atoms with Crippen LogP contribution < -0.4 is 5.32 Å². The lowest BCUT2D eigenvalue weighted by Gasteiger charge is -2.20. The van der Waals surface area contributed by atoms with E-state index in [1.165, 1.54) is 11.8 Å². The predicted molar refractivity (Wildman–Crippen MR) is 78.7 cm³/mol. The molecular weight excluding hydrogens is 256 g/mol. The third-order valence-electron chi connectivity index (χ3n) is 3.01. The number of nitrogens with one attached hydrogen (secondary N) is 1. The van der Waals surface area contributed by atoms with Crippen LogP contribution in [0.15, 0.2) is 18.2 Å². The van der Waals surface area contributed by atoms with E-state index in [4.69, 9.17) is 4.74 Å². The average Bonchev–Trinajstić information content (AvgIpc) is 2.38. The van der Waals surface area contributed by atoms with Crippen molar-refractivity contribution < 1.29 is 14.3 Å². The summed E-state index contributed by atoms with van der Waals surface area (Å²) in [7, 11) is 1.56. The molecule has 0 aliphatic carbocycles. The largest absolute Gasteiger partial charge is 0.383 e. The van der Waals surface area contributed by atoms with E-state index < -0.39 is 0 Å². The molecule has 20 heavy (non-hydrogen) atoms. The number of carbonyl (C=O) groups is 2. The van der Waals surface area contributed by atoms with Crippen LogP contribution in [-0.4, -0.2) is 43.5 Å². The number of rotatable bonds is 6. The first-order valence-corrected chi connectivity index (χ1v) is 6.55. The van der Waals surface area contributed by atoms with E-state index in [2.05, 4.69) is 5.32 Å². The van der Waals surface area contributed by atoms with Gasteiger partial charge in [-0.25, -0.2) is 0 Å². The number of hydrogen-bond acceptors (Lipinski definition) is 3. The Bertz CT molecular complexity index is 486. The highest BCUT2D eigenvalue weighted by Gasteiger charge is 2.14. The Morgan fingerprint density at radius 3 is 2.60 bits per heavy atom. The first-order chi connectivity index (χ1) is 9.43. The van der Waals surface area contributed by atoms with Crippen LogP contribution in [0.5, 0.6) is 0 Å². The van der Waals surface area contributed by atoms with Gasteiger partial charge in [0.1, 0.15) is 0 Å². The Labute approximate surface area is 119 Å². The van der Waals surface area contributed by atoms with Gasteiger partial charge in [0.15, 0.2) is 0 Å². The van der Waals surface area contributed by atoms with Crippen molar-refractivity contribution in [2.45, 2.75) is 20.8 Å². The van der Waals surface area contributed by atoms with Gasteiger partial charge in [-0.15, -0.1) is 0 Å². The number of hydrogen-bond donors (Lipinski definition) is 1. The average molecular weight is 278 g/mol. The van der Waals surface area contributed by atoms with Crippen LogP contribution in [0.1, 0.15) is 18.1 Å². The molecule has 0 unspecified atom stereocenters. The van der Waals surface area contributed by atoms with E-state index >= 15 is 0 Å². The molecule has 0 bridgehead atoms. The van der Waals surface area contributed by atoms with Crippen molar-refractivity contribution in [1.82, 2.24) is 4.90 Å². The number of amides is 2. The molecule has 0 saturated carbocycles. The summed E-state index contributed by atoms with van der Waals surface area (Å²) in [5.74, 6) is -0.344. The zero-order valence-electron chi connectivity index (χ0n) is 12.5. The highest BCUT2D eigenvalue weighted by Crippen LogP contribution is 2.16. The van der Waals surface area contributed by atoms with Crippen molar-refractivity contribution in [3.05, 3.63) is 29.3 Å². The zero-order chi connectivity index (χ0) is 15.1. The molecule has 2 amide bonds. The topological polar surface area (TPSA) is 58.6 Å². The van der Waals surface area contributed by atoms with Gasteiger partial charge in [-0.3, -0.25) is 9.59 Å². The Kier molecular flexibility index (Phi) is 6.18. The maximum atomic E-state index is 12.0. The number of methoxy groups -OCH3 is 1. The van der Waals surface area contributed by atoms with Crippen molar-refractivity contribution in [2.75, 3.05) is 32.1 Å². The second-order valence-corrected chi connectivity index (χ2v) is 4.80. The molecule has 0 aliphatic heterocycles. The zero-order valence-corrected chi connectivity index (χ0v) is 12.5. The van der Waals surface area contributed by atoms with Crippen LogP contribution in [-0.2, 0) is 14.3 Å². The van der Waals surface area contributed by atoms with Crippen LogP contribution in [0.3, 0.4) is 0 Å². The van der Waals surface area contributed by atoms with Crippen LogP contribution in [0, 0.1) is 13.8 Å². The molecule has 0 saturated heterocycles. The molecule has 0 radical (unpaired) electrons. The van der Waals surface area contributed by atoms with Crippen LogP contribution in [0.2, 0.25) is 0 Å². The predicted octanol–water partition coefficient (Wildman–Crippen LogP) is 1.74. The Balaban J connectivity index is 2.65. The molecule has 5 heteroatoms. The first-order valence-electron chi connectivity index (χ1n) is 6.55. The van der Waals surface area contributed by atoms with Gasteiger partial charge in [0.25, 0.3) is 0 Å². The molecule has 110 valence electrons. The summed E-state index contributed by atoms with van der Waals surface area (Å²) in [4.78, 5) is 24.9. The van der Waals surface area contributed by atoms with E-state index in [-0.39, 0.29) is 18.4 Å². The number of ether oxygens (including phenoxy) is 1. The number of anilines is 1. The van der Waals surface area contributed by atoms with Gasteiger partial charge in [-0.2, -0.15) is 0 Å². The van der Waals surface area contributed by atoms with Crippen LogP contribution >= 0.6 is 0 Å². The van der Waals surface area contributed by atoms with Gasteiger partial charge in [0.2, 0.25) is 11.8 Å². The highest BCUT2D eigenvalue weighted by atomic mass is 16.5. The minimum atomic E-state index is -0.204. The molecule has 0 atom stereocenters. The summed E-state index contributed by atoms with van der Waals surface area (Å²) in [6.07, 6.45) is 0. The first kappa shape index (κ1) is 16.2. The quantitative estimate of drug-likeness (QED) is 0.862. The Morgan fingerprint density at radius 1 is 1.30 bits per heavy atom. The standard InChI is InChI=1S/C15H22N2O3/c1-11-5-6-12(2)14(9-11)16-15(19)10-17(13(3)18)7-8-20-4/h5-6,9H,7-8,10H2,1-4H3,(H,16,19). The van der Waals surface area contributed by atoms with Crippen molar-refractivity contribution >= 4 is 17.5 Å². The minimum absolute atomic E-state index is 0.0338. The molecule has 1 aromatic carbocycles. The number of carbonyl (C=O) groups excluding carboxylic acids is 2. The summed E-state index contributed by atoms with van der Waals surface area (Å²) in [5.41, 5.74) is 2.86. The van der Waals surface area contributed by atoms with Crippen LogP contribution in [0.4, 0.5) is 5.69 Å². The fraction of sp³-hybridized carbons (Fsp3) is 0.467. The molecule has 0 aliphatic rings. The maximum absolute atomic E-state index is 12.0. The normalized spacial score (nSPS) is 10.2. The summed E-state index contributed by atoms with van der Waals surface area (Å²) < 4.78 is 4.93. The molecule has 0 spiro atoms. The third kappa shape index (κ3) is 5.01. The summed E-state index contributed by atoms with van der Waals surface area (Å²) in [6.45, 7) is 6.20. The molecule has 0 fully saturated rings. The highest BCUT2D eigenvalue weighted by molar-refractivity contribution is 5.94. The second-order valence-electron chi connectivity index (χ2n) is 4.80. The molecular formula is C15H22N2O3. The SMILES string of the molecule is COCCN(CC(=O)Nc1cc(C)ccc1C)C(C)=O. The van der Waals surface area contributed by atoms with Gasteiger partial charge >= 0.3 is 0 Å². The smallest absolute Gasteiger partial charge is 0.244 e. The molecule has 0 heterocycles. The summed E-state index contributed by atoms with van der Waals surface area (Å²) >= 11 is 0. The van der Waals surface area contributed by atoms with Gasteiger partial charge in [0, 0.05) is 26.3 Å². The minimum Gasteiger partial charge on any atom is -0.383 e. The lowest BCUT2D eigenvalue weighted by molar-refractivity contribution is -0.133.